The third-order valence-electron chi connectivity index (χ3n) is 4.19. The quantitative estimate of drug-likeness (QED) is 0.872. The van der Waals surface area contributed by atoms with Gasteiger partial charge in [-0.05, 0) is 36.1 Å². The average molecular weight is 310 g/mol. The van der Waals surface area contributed by atoms with E-state index in [9.17, 15) is 9.59 Å². The lowest BCUT2D eigenvalue weighted by molar-refractivity contribution is -0.138. The number of rotatable bonds is 5. The number of carboxylic acid groups (broad SMARTS) is 1. The van der Waals surface area contributed by atoms with Crippen molar-refractivity contribution in [3.05, 3.63) is 22.4 Å². The number of carbonyl (C=O) groups excluding carboxylic acids is 1. The first-order valence-corrected chi connectivity index (χ1v) is 8.16. The minimum atomic E-state index is -0.777. The second-order valence-electron chi connectivity index (χ2n) is 5.75. The molecule has 0 aromatic carbocycles. The molecule has 1 aromatic rings. The van der Waals surface area contributed by atoms with Gasteiger partial charge in [-0.25, -0.2) is 0 Å². The van der Waals surface area contributed by atoms with Crippen LogP contribution in [-0.2, 0) is 9.59 Å². The molecule has 1 amide bonds. The van der Waals surface area contributed by atoms with E-state index in [-0.39, 0.29) is 24.2 Å². The largest absolute Gasteiger partial charge is 0.481 e. The highest BCUT2D eigenvalue weighted by Gasteiger charge is 2.31. The van der Waals surface area contributed by atoms with Crippen molar-refractivity contribution in [1.82, 2.24) is 4.90 Å². The Bertz CT molecular complexity index is 489. The lowest BCUT2D eigenvalue weighted by Crippen LogP contribution is -2.45. The summed E-state index contributed by atoms with van der Waals surface area (Å²) in [7, 11) is 0. The van der Waals surface area contributed by atoms with E-state index < -0.39 is 12.0 Å². The van der Waals surface area contributed by atoms with Crippen LogP contribution in [0.3, 0.4) is 0 Å². The third-order valence-corrected chi connectivity index (χ3v) is 5.14. The first-order chi connectivity index (χ1) is 9.99. The molecule has 0 saturated carbocycles. The van der Waals surface area contributed by atoms with Gasteiger partial charge in [0.2, 0.25) is 5.91 Å². The highest BCUT2D eigenvalue weighted by molar-refractivity contribution is 7.10. The van der Waals surface area contributed by atoms with Gasteiger partial charge in [0.1, 0.15) is 6.04 Å². The monoisotopic (exact) mass is 310 g/mol. The van der Waals surface area contributed by atoms with E-state index in [4.69, 9.17) is 10.8 Å². The molecule has 0 aliphatic carbocycles. The minimum Gasteiger partial charge on any atom is -0.481 e. The van der Waals surface area contributed by atoms with Crippen molar-refractivity contribution >= 4 is 23.2 Å². The highest BCUT2D eigenvalue weighted by Crippen LogP contribution is 2.28. The molecular weight excluding hydrogens is 288 g/mol. The van der Waals surface area contributed by atoms with E-state index in [1.807, 2.05) is 24.4 Å². The molecule has 1 saturated heterocycles. The fraction of sp³-hybridized carbons (Fsp3) is 0.600. The number of hydrogen-bond acceptors (Lipinski definition) is 4. The molecule has 2 rings (SSSR count). The molecule has 6 heteroatoms. The maximum atomic E-state index is 12.5. The van der Waals surface area contributed by atoms with Crippen molar-refractivity contribution in [1.29, 1.82) is 0 Å². The summed E-state index contributed by atoms with van der Waals surface area (Å²) in [6, 6.07) is 3.17. The SMILES string of the molecule is CC(CC(=O)O)C1CCCN(C(=O)C(N)c2cccs2)C1. The normalized spacial score (nSPS) is 21.8. The number of carboxylic acids is 1. The number of likely N-dealkylation sites (tertiary alicyclic amines) is 1. The minimum absolute atomic E-state index is 0.0512. The van der Waals surface area contributed by atoms with Crippen LogP contribution in [0.2, 0.25) is 0 Å². The summed E-state index contributed by atoms with van der Waals surface area (Å²) in [6.45, 7) is 3.28. The molecule has 0 spiro atoms. The fourth-order valence-electron chi connectivity index (χ4n) is 2.90. The van der Waals surface area contributed by atoms with Crippen LogP contribution in [0.25, 0.3) is 0 Å². The Morgan fingerprint density at radius 3 is 2.95 bits per heavy atom. The molecule has 1 aliphatic heterocycles. The summed E-state index contributed by atoms with van der Waals surface area (Å²) < 4.78 is 0. The Kier molecular flexibility index (Phi) is 5.36. The molecular formula is C15H22N2O3S. The number of amides is 1. The molecule has 1 aliphatic rings. The van der Waals surface area contributed by atoms with Gasteiger partial charge in [-0.15, -0.1) is 11.3 Å². The predicted octanol–water partition coefficient (Wildman–Crippen LogP) is 2.10. The lowest BCUT2D eigenvalue weighted by atomic mass is 9.84. The van der Waals surface area contributed by atoms with E-state index in [2.05, 4.69) is 0 Å². The Balaban J connectivity index is 1.97. The van der Waals surface area contributed by atoms with Gasteiger partial charge in [0.05, 0.1) is 0 Å². The summed E-state index contributed by atoms with van der Waals surface area (Å²) in [5.74, 6) is -0.503. The molecule has 2 heterocycles. The van der Waals surface area contributed by atoms with Crippen molar-refractivity contribution in [3.8, 4) is 0 Å². The zero-order chi connectivity index (χ0) is 15.4. The lowest BCUT2D eigenvalue weighted by Gasteiger charge is -2.36. The summed E-state index contributed by atoms with van der Waals surface area (Å²) in [5.41, 5.74) is 6.04. The first kappa shape index (κ1) is 16.0. The van der Waals surface area contributed by atoms with Crippen LogP contribution in [0.5, 0.6) is 0 Å². The fourth-order valence-corrected chi connectivity index (χ4v) is 3.62. The molecule has 1 aromatic heterocycles. The second kappa shape index (κ2) is 7.04. The molecule has 0 radical (unpaired) electrons. The number of nitrogens with two attached hydrogens (primary N) is 1. The molecule has 116 valence electrons. The Hall–Kier alpha value is -1.40. The molecule has 0 bridgehead atoms. The van der Waals surface area contributed by atoms with E-state index in [1.54, 1.807) is 4.90 Å². The van der Waals surface area contributed by atoms with Gasteiger partial charge in [-0.2, -0.15) is 0 Å². The molecule has 3 unspecified atom stereocenters. The number of carbonyl (C=O) groups is 2. The van der Waals surface area contributed by atoms with E-state index in [1.165, 1.54) is 11.3 Å². The predicted molar refractivity (Wildman–Crippen MR) is 82.0 cm³/mol. The number of thiophene rings is 1. The Labute approximate surface area is 128 Å². The Morgan fingerprint density at radius 2 is 2.33 bits per heavy atom. The van der Waals surface area contributed by atoms with Crippen LogP contribution in [0.4, 0.5) is 0 Å². The first-order valence-electron chi connectivity index (χ1n) is 7.28. The van der Waals surface area contributed by atoms with Gasteiger partial charge in [0.25, 0.3) is 0 Å². The Morgan fingerprint density at radius 1 is 1.57 bits per heavy atom. The summed E-state index contributed by atoms with van der Waals surface area (Å²) in [5, 5.41) is 10.8. The van der Waals surface area contributed by atoms with E-state index in [0.717, 1.165) is 17.7 Å². The number of nitrogens with zero attached hydrogens (tertiary/aromatic N) is 1. The molecule has 5 nitrogen and oxygen atoms in total. The van der Waals surface area contributed by atoms with Crippen molar-refractivity contribution in [2.45, 2.75) is 32.2 Å². The zero-order valence-corrected chi connectivity index (χ0v) is 13.0. The van der Waals surface area contributed by atoms with Crippen molar-refractivity contribution < 1.29 is 14.7 Å². The average Bonchev–Trinajstić information content (AvgIpc) is 2.99. The van der Waals surface area contributed by atoms with Crippen molar-refractivity contribution in [3.63, 3.8) is 0 Å². The van der Waals surface area contributed by atoms with Crippen molar-refractivity contribution in [2.75, 3.05) is 13.1 Å². The highest BCUT2D eigenvalue weighted by atomic mass is 32.1. The van der Waals surface area contributed by atoms with Gasteiger partial charge in [0, 0.05) is 24.4 Å². The van der Waals surface area contributed by atoms with Crippen LogP contribution in [-0.4, -0.2) is 35.0 Å². The number of hydrogen-bond donors (Lipinski definition) is 2. The third kappa shape index (κ3) is 4.04. The molecule has 1 fully saturated rings. The van der Waals surface area contributed by atoms with Gasteiger partial charge in [-0.3, -0.25) is 9.59 Å². The van der Waals surface area contributed by atoms with Crippen LogP contribution in [0.15, 0.2) is 17.5 Å². The van der Waals surface area contributed by atoms with Crippen molar-refractivity contribution in [2.24, 2.45) is 17.6 Å². The number of aliphatic carboxylic acids is 1. The maximum Gasteiger partial charge on any atom is 0.303 e. The summed E-state index contributed by atoms with van der Waals surface area (Å²) >= 11 is 1.49. The smallest absolute Gasteiger partial charge is 0.303 e. The van der Waals surface area contributed by atoms with Gasteiger partial charge in [-0.1, -0.05) is 13.0 Å². The van der Waals surface area contributed by atoms with E-state index >= 15 is 0 Å². The zero-order valence-electron chi connectivity index (χ0n) is 12.2. The standard InChI is InChI=1S/C15H22N2O3S/c1-10(8-13(18)19)11-4-2-6-17(9-11)15(20)14(16)12-5-3-7-21-12/h3,5,7,10-11,14H,2,4,6,8-9,16H2,1H3,(H,18,19). The van der Waals surface area contributed by atoms with Crippen LogP contribution >= 0.6 is 11.3 Å². The topological polar surface area (TPSA) is 83.6 Å². The van der Waals surface area contributed by atoms with Gasteiger partial charge < -0.3 is 15.7 Å². The molecule has 21 heavy (non-hydrogen) atoms. The van der Waals surface area contributed by atoms with Gasteiger partial charge in [0.15, 0.2) is 0 Å². The second-order valence-corrected chi connectivity index (χ2v) is 6.73. The summed E-state index contributed by atoms with van der Waals surface area (Å²) in [6.07, 6.45) is 2.05. The van der Waals surface area contributed by atoms with Gasteiger partial charge >= 0.3 is 5.97 Å². The van der Waals surface area contributed by atoms with Crippen LogP contribution in [0, 0.1) is 11.8 Å². The summed E-state index contributed by atoms with van der Waals surface area (Å²) in [4.78, 5) is 26.0. The number of piperidine rings is 1. The maximum absolute atomic E-state index is 12.5. The van der Waals surface area contributed by atoms with E-state index in [0.29, 0.717) is 13.1 Å². The van der Waals surface area contributed by atoms with Crippen LogP contribution in [0.1, 0.15) is 37.1 Å². The molecule has 3 N–H and O–H groups in total. The van der Waals surface area contributed by atoms with Crippen LogP contribution < -0.4 is 5.73 Å². The molecule has 3 atom stereocenters.